The molecule has 0 saturated carbocycles. The van der Waals surface area contributed by atoms with Crippen LogP contribution in [0.4, 0.5) is 0 Å². The number of piperidine rings is 1. The molecule has 3 nitrogen and oxygen atoms in total. The monoisotopic (exact) mass is 204 g/mol. The lowest BCUT2D eigenvalue weighted by Gasteiger charge is -2.36. The van der Waals surface area contributed by atoms with Gasteiger partial charge in [0.1, 0.15) is 11.4 Å². The van der Waals surface area contributed by atoms with Gasteiger partial charge in [0.15, 0.2) is 0 Å². The lowest BCUT2D eigenvalue weighted by atomic mass is 9.84. The van der Waals surface area contributed by atoms with Gasteiger partial charge in [-0.3, -0.25) is 0 Å². The SMILES string of the molecule is NC1c2ccccc2OC12CCNCC2. The van der Waals surface area contributed by atoms with Crippen LogP contribution in [0, 0.1) is 0 Å². The zero-order valence-corrected chi connectivity index (χ0v) is 8.70. The van der Waals surface area contributed by atoms with Crippen molar-refractivity contribution in [3.05, 3.63) is 29.8 Å². The smallest absolute Gasteiger partial charge is 0.131 e. The van der Waals surface area contributed by atoms with Crippen LogP contribution in [-0.2, 0) is 0 Å². The molecule has 2 heterocycles. The molecule has 3 rings (SSSR count). The maximum absolute atomic E-state index is 6.30. The Kier molecular flexibility index (Phi) is 1.97. The van der Waals surface area contributed by atoms with Crippen LogP contribution in [0.1, 0.15) is 24.4 Å². The molecule has 0 aromatic heterocycles. The first kappa shape index (κ1) is 9.19. The number of hydrogen-bond acceptors (Lipinski definition) is 3. The third kappa shape index (κ3) is 1.27. The van der Waals surface area contributed by atoms with Crippen molar-refractivity contribution in [1.82, 2.24) is 5.32 Å². The Bertz CT molecular complexity index is 372. The van der Waals surface area contributed by atoms with E-state index in [2.05, 4.69) is 11.4 Å². The van der Waals surface area contributed by atoms with Crippen LogP contribution in [0.15, 0.2) is 24.3 Å². The van der Waals surface area contributed by atoms with E-state index >= 15 is 0 Å². The number of nitrogens with two attached hydrogens (primary N) is 1. The van der Waals surface area contributed by atoms with E-state index in [1.165, 1.54) is 5.56 Å². The molecule has 2 aliphatic heterocycles. The number of nitrogens with one attached hydrogen (secondary N) is 1. The van der Waals surface area contributed by atoms with Crippen LogP contribution in [0.5, 0.6) is 5.75 Å². The number of para-hydroxylation sites is 1. The molecule has 1 fully saturated rings. The largest absolute Gasteiger partial charge is 0.485 e. The first-order valence-corrected chi connectivity index (χ1v) is 5.56. The molecule has 3 heteroatoms. The summed E-state index contributed by atoms with van der Waals surface area (Å²) in [4.78, 5) is 0. The van der Waals surface area contributed by atoms with E-state index < -0.39 is 0 Å². The van der Waals surface area contributed by atoms with Crippen molar-refractivity contribution in [3.63, 3.8) is 0 Å². The molecule has 1 aromatic carbocycles. The van der Waals surface area contributed by atoms with Crippen molar-refractivity contribution in [1.29, 1.82) is 0 Å². The van der Waals surface area contributed by atoms with E-state index in [0.29, 0.717) is 0 Å². The normalized spacial score (nSPS) is 27.4. The molecule has 1 spiro atoms. The van der Waals surface area contributed by atoms with E-state index in [-0.39, 0.29) is 11.6 Å². The molecule has 3 N–H and O–H groups in total. The minimum atomic E-state index is -0.144. The summed E-state index contributed by atoms with van der Waals surface area (Å²) in [6, 6.07) is 8.17. The highest BCUT2D eigenvalue weighted by atomic mass is 16.5. The molecular weight excluding hydrogens is 188 g/mol. The van der Waals surface area contributed by atoms with Crippen LogP contribution in [0.2, 0.25) is 0 Å². The summed E-state index contributed by atoms with van der Waals surface area (Å²) in [6.45, 7) is 2.00. The number of ether oxygens (including phenoxy) is 1. The van der Waals surface area contributed by atoms with Gasteiger partial charge in [-0.25, -0.2) is 0 Å². The fourth-order valence-corrected chi connectivity index (χ4v) is 2.66. The maximum Gasteiger partial charge on any atom is 0.131 e. The highest BCUT2D eigenvalue weighted by Crippen LogP contribution is 2.45. The first-order chi connectivity index (χ1) is 7.32. The standard InChI is InChI=1S/C12H16N2O/c13-11-9-3-1-2-4-10(9)15-12(11)5-7-14-8-6-12/h1-4,11,14H,5-8,13H2. The van der Waals surface area contributed by atoms with E-state index in [9.17, 15) is 0 Å². The van der Waals surface area contributed by atoms with Gasteiger partial charge in [-0.05, 0) is 19.2 Å². The van der Waals surface area contributed by atoms with Crippen molar-refractivity contribution in [2.45, 2.75) is 24.5 Å². The van der Waals surface area contributed by atoms with Crippen LogP contribution >= 0.6 is 0 Å². The summed E-state index contributed by atoms with van der Waals surface area (Å²) >= 11 is 0. The molecule has 1 unspecified atom stereocenters. The molecule has 15 heavy (non-hydrogen) atoms. The van der Waals surface area contributed by atoms with Crippen LogP contribution in [0.3, 0.4) is 0 Å². The van der Waals surface area contributed by atoms with E-state index in [0.717, 1.165) is 31.7 Å². The Hall–Kier alpha value is -1.06. The van der Waals surface area contributed by atoms with Gasteiger partial charge in [-0.15, -0.1) is 0 Å². The van der Waals surface area contributed by atoms with Gasteiger partial charge in [0.25, 0.3) is 0 Å². The predicted octanol–water partition coefficient (Wildman–Crippen LogP) is 1.20. The van der Waals surface area contributed by atoms with E-state index in [1.807, 2.05) is 18.2 Å². The number of benzene rings is 1. The summed E-state index contributed by atoms with van der Waals surface area (Å²) in [6.07, 6.45) is 2.01. The Morgan fingerprint density at radius 3 is 2.73 bits per heavy atom. The fraction of sp³-hybridized carbons (Fsp3) is 0.500. The molecule has 0 bridgehead atoms. The van der Waals surface area contributed by atoms with Gasteiger partial charge in [0, 0.05) is 18.4 Å². The molecule has 1 saturated heterocycles. The van der Waals surface area contributed by atoms with Gasteiger partial charge >= 0.3 is 0 Å². The molecule has 1 atom stereocenters. The van der Waals surface area contributed by atoms with Crippen LogP contribution in [0.25, 0.3) is 0 Å². The third-order valence-corrected chi connectivity index (χ3v) is 3.58. The van der Waals surface area contributed by atoms with Gasteiger partial charge < -0.3 is 15.8 Å². The molecule has 2 aliphatic rings. The van der Waals surface area contributed by atoms with Crippen molar-refractivity contribution in [3.8, 4) is 5.75 Å². The minimum absolute atomic E-state index is 0.0378. The Labute approximate surface area is 89.6 Å². The molecule has 0 aliphatic carbocycles. The summed E-state index contributed by atoms with van der Waals surface area (Å²) in [5.41, 5.74) is 7.33. The number of hydrogen-bond donors (Lipinski definition) is 2. The quantitative estimate of drug-likeness (QED) is 0.667. The van der Waals surface area contributed by atoms with Gasteiger partial charge in [-0.1, -0.05) is 18.2 Å². The third-order valence-electron chi connectivity index (χ3n) is 3.58. The average Bonchev–Trinajstić information content (AvgIpc) is 2.54. The average molecular weight is 204 g/mol. The second-order valence-electron chi connectivity index (χ2n) is 4.43. The summed E-state index contributed by atoms with van der Waals surface area (Å²) in [7, 11) is 0. The van der Waals surface area contributed by atoms with Crippen molar-refractivity contribution in [2.75, 3.05) is 13.1 Å². The Balaban J connectivity index is 1.98. The fourth-order valence-electron chi connectivity index (χ4n) is 2.66. The Morgan fingerprint density at radius 2 is 2.00 bits per heavy atom. The van der Waals surface area contributed by atoms with Crippen molar-refractivity contribution < 1.29 is 4.74 Å². The lowest BCUT2D eigenvalue weighted by Crippen LogP contribution is -2.50. The molecular formula is C12H16N2O. The van der Waals surface area contributed by atoms with Gasteiger partial charge in [-0.2, -0.15) is 0 Å². The Morgan fingerprint density at radius 1 is 1.27 bits per heavy atom. The zero-order valence-electron chi connectivity index (χ0n) is 8.70. The summed E-state index contributed by atoms with van der Waals surface area (Å²) in [5.74, 6) is 0.979. The van der Waals surface area contributed by atoms with Gasteiger partial charge in [0.2, 0.25) is 0 Å². The second kappa shape index (κ2) is 3.22. The highest BCUT2D eigenvalue weighted by molar-refractivity contribution is 5.42. The minimum Gasteiger partial charge on any atom is -0.485 e. The van der Waals surface area contributed by atoms with Crippen LogP contribution in [-0.4, -0.2) is 18.7 Å². The van der Waals surface area contributed by atoms with Crippen molar-refractivity contribution >= 4 is 0 Å². The first-order valence-electron chi connectivity index (χ1n) is 5.56. The zero-order chi connectivity index (χ0) is 10.3. The van der Waals surface area contributed by atoms with E-state index in [1.54, 1.807) is 0 Å². The summed E-state index contributed by atoms with van der Waals surface area (Å²) in [5, 5.41) is 3.35. The van der Waals surface area contributed by atoms with E-state index in [4.69, 9.17) is 10.5 Å². The molecule has 80 valence electrons. The van der Waals surface area contributed by atoms with Gasteiger partial charge in [0.05, 0.1) is 6.04 Å². The topological polar surface area (TPSA) is 47.3 Å². The highest BCUT2D eigenvalue weighted by Gasteiger charge is 2.46. The maximum atomic E-state index is 6.30. The number of rotatable bonds is 0. The van der Waals surface area contributed by atoms with Crippen molar-refractivity contribution in [2.24, 2.45) is 5.73 Å². The lowest BCUT2D eigenvalue weighted by molar-refractivity contribution is 0.0369. The second-order valence-corrected chi connectivity index (χ2v) is 4.43. The molecule has 0 radical (unpaired) electrons. The summed E-state index contributed by atoms with van der Waals surface area (Å²) < 4.78 is 6.08. The number of fused-ring (bicyclic) bond motifs is 1. The van der Waals surface area contributed by atoms with Crippen LogP contribution < -0.4 is 15.8 Å². The predicted molar refractivity (Wildman–Crippen MR) is 58.8 cm³/mol. The molecule has 1 aromatic rings. The molecule has 0 amide bonds.